The Kier molecular flexibility index (Phi) is 12.7. The Labute approximate surface area is 237 Å². The van der Waals surface area contributed by atoms with Gasteiger partial charge in [-0.1, -0.05) is 151 Å². The fourth-order valence-electron chi connectivity index (χ4n) is 4.49. The van der Waals surface area contributed by atoms with E-state index in [1.807, 2.05) is 18.2 Å². The van der Waals surface area contributed by atoms with Crippen molar-refractivity contribution in [1.82, 2.24) is 0 Å². The summed E-state index contributed by atoms with van der Waals surface area (Å²) in [6.07, 6.45) is 14.0. The summed E-state index contributed by atoms with van der Waals surface area (Å²) in [4.78, 5) is 0. The average molecular weight is 592 g/mol. The number of nitrogens with one attached hydrogen (secondary N) is 1. The number of allylic oxidation sites excluding steroid dienone is 4. The molecule has 0 aliphatic heterocycles. The number of rotatable bonds is 6. The van der Waals surface area contributed by atoms with Crippen LogP contribution in [0.4, 0.5) is 0 Å². The van der Waals surface area contributed by atoms with Crippen LogP contribution in [0.1, 0.15) is 48.5 Å². The third-order valence-electron chi connectivity index (χ3n) is 6.30. The molecule has 5 rings (SSSR count). The van der Waals surface area contributed by atoms with Crippen molar-refractivity contribution < 1.29 is 19.5 Å². The van der Waals surface area contributed by atoms with Gasteiger partial charge in [0.05, 0.1) is 0 Å². The molecule has 1 aliphatic carbocycles. The molecular formula is C34H35NPRh-. The molecule has 191 valence electrons. The zero-order chi connectivity index (χ0) is 24.8. The molecule has 0 amide bonds. The van der Waals surface area contributed by atoms with Crippen LogP contribution in [0, 0.1) is 0 Å². The molecule has 4 aromatic carbocycles. The molecular weight excluding hydrogens is 556 g/mol. The predicted molar refractivity (Wildman–Crippen MR) is 159 cm³/mol. The van der Waals surface area contributed by atoms with Crippen LogP contribution in [0.15, 0.2) is 146 Å². The summed E-state index contributed by atoms with van der Waals surface area (Å²) in [7, 11) is -0.741. The third kappa shape index (κ3) is 8.72. The van der Waals surface area contributed by atoms with Gasteiger partial charge in [-0.15, -0.1) is 6.04 Å². The van der Waals surface area contributed by atoms with Gasteiger partial charge >= 0.3 is 0 Å². The molecule has 1 aliphatic rings. The van der Waals surface area contributed by atoms with E-state index in [0.717, 1.165) is 5.56 Å². The summed E-state index contributed by atoms with van der Waals surface area (Å²) < 4.78 is 0. The molecule has 1 nitrogen and oxygen atoms in total. The third-order valence-corrected chi connectivity index (χ3v) is 9.16. The van der Waals surface area contributed by atoms with Gasteiger partial charge in [0, 0.05) is 19.5 Å². The maximum atomic E-state index is 9.25. The van der Waals surface area contributed by atoms with Gasteiger partial charge in [-0.25, -0.2) is 0 Å². The van der Waals surface area contributed by atoms with Crippen LogP contribution in [0.5, 0.6) is 0 Å². The quantitative estimate of drug-likeness (QED) is 0.121. The molecule has 37 heavy (non-hydrogen) atoms. The Hall–Kier alpha value is -2.63. The summed E-state index contributed by atoms with van der Waals surface area (Å²) in [5.74, 6) is 0. The van der Waals surface area contributed by atoms with Gasteiger partial charge in [-0.2, -0.15) is 0 Å². The first kappa shape index (κ1) is 28.9. The van der Waals surface area contributed by atoms with Crippen LogP contribution in [0.3, 0.4) is 0 Å². The zero-order valence-electron chi connectivity index (χ0n) is 21.1. The normalized spacial score (nSPS) is 15.2. The Morgan fingerprint density at radius 1 is 0.459 bits per heavy atom. The summed E-state index contributed by atoms with van der Waals surface area (Å²) in [6, 6.07) is 41.9. The summed E-state index contributed by atoms with van der Waals surface area (Å²) in [5, 5.41) is 2.62. The van der Waals surface area contributed by atoms with Crippen LogP contribution >= 0.6 is 7.92 Å². The van der Waals surface area contributed by atoms with E-state index in [-0.39, 0.29) is 31.2 Å². The summed E-state index contributed by atoms with van der Waals surface area (Å²) in [5.41, 5.74) is 11.6. The fraction of sp³-hybridized carbons (Fsp3) is 0.176. The minimum absolute atomic E-state index is 0. The molecule has 1 radical (unpaired) electrons. The van der Waals surface area contributed by atoms with Gasteiger partial charge in [0.1, 0.15) is 0 Å². The summed E-state index contributed by atoms with van der Waals surface area (Å²) in [6.45, 7) is 0. The second-order valence-corrected chi connectivity index (χ2v) is 11.2. The van der Waals surface area contributed by atoms with E-state index in [9.17, 15) is 5.73 Å². The van der Waals surface area contributed by atoms with E-state index in [1.165, 1.54) is 41.9 Å². The Morgan fingerprint density at radius 2 is 0.784 bits per heavy atom. The van der Waals surface area contributed by atoms with Crippen molar-refractivity contribution in [3.8, 4) is 0 Å². The Balaban J connectivity index is 0.000000363. The molecule has 3 heteroatoms. The maximum Gasteiger partial charge on any atom is 0 e. The molecule has 1 N–H and O–H groups in total. The van der Waals surface area contributed by atoms with Crippen molar-refractivity contribution in [3.63, 3.8) is 0 Å². The van der Waals surface area contributed by atoms with Gasteiger partial charge in [0.25, 0.3) is 0 Å². The molecule has 0 saturated heterocycles. The van der Waals surface area contributed by atoms with E-state index in [4.69, 9.17) is 0 Å². The predicted octanol–water partition coefficient (Wildman–Crippen LogP) is 9.32. The smallest absolute Gasteiger partial charge is 0 e. The number of benzene rings is 4. The van der Waals surface area contributed by atoms with Crippen LogP contribution in [0.2, 0.25) is 0 Å². The molecule has 0 heterocycles. The van der Waals surface area contributed by atoms with Crippen LogP contribution in [-0.2, 0) is 19.5 Å². The SMILES string of the molecule is C1=CCC/C=C\CC1.[NH-][C@H](c1ccccc1)[C@@H](c1ccccc1)P(c1ccccc1)c1ccccc1.[Rh]. The minimum atomic E-state index is -0.741. The second-order valence-electron chi connectivity index (χ2n) is 8.88. The van der Waals surface area contributed by atoms with Gasteiger partial charge < -0.3 is 5.73 Å². The monoisotopic (exact) mass is 591 g/mol. The van der Waals surface area contributed by atoms with Crippen molar-refractivity contribution in [1.29, 1.82) is 0 Å². The fourth-order valence-corrected chi connectivity index (χ4v) is 7.36. The zero-order valence-corrected chi connectivity index (χ0v) is 23.7. The number of hydrogen-bond donors (Lipinski definition) is 0. The number of hydrogen-bond acceptors (Lipinski definition) is 0. The van der Waals surface area contributed by atoms with E-state index in [0.29, 0.717) is 0 Å². The van der Waals surface area contributed by atoms with E-state index < -0.39 is 7.92 Å². The first-order valence-electron chi connectivity index (χ1n) is 12.8. The van der Waals surface area contributed by atoms with E-state index >= 15 is 0 Å². The van der Waals surface area contributed by atoms with Gasteiger partial charge in [0.15, 0.2) is 0 Å². The largest absolute Gasteiger partial charge is 0.670 e. The van der Waals surface area contributed by atoms with E-state index in [1.54, 1.807) is 0 Å². The van der Waals surface area contributed by atoms with Crippen molar-refractivity contribution in [2.75, 3.05) is 0 Å². The van der Waals surface area contributed by atoms with Crippen molar-refractivity contribution in [2.45, 2.75) is 37.4 Å². The maximum absolute atomic E-state index is 9.25. The van der Waals surface area contributed by atoms with Crippen LogP contribution in [-0.4, -0.2) is 0 Å². The standard InChI is InChI=1S/C26H23NP.C8H12.Rh/c27-25(21-13-5-1-6-14-21)26(22-15-7-2-8-16-22)28(23-17-9-3-10-18-23)24-19-11-4-12-20-24;1-2-4-6-8-7-5-3-1;/h1-20,25-27H;1-2,7-8H,3-6H2;/q-1;;/b;2-1-,8-7?;/t25-,26-;;/m1../s1. The van der Waals surface area contributed by atoms with Crippen molar-refractivity contribution in [2.24, 2.45) is 0 Å². The van der Waals surface area contributed by atoms with Crippen molar-refractivity contribution in [3.05, 3.63) is 162 Å². The van der Waals surface area contributed by atoms with Crippen molar-refractivity contribution >= 4 is 18.5 Å². The van der Waals surface area contributed by atoms with Gasteiger partial charge in [-0.3, -0.25) is 0 Å². The van der Waals surface area contributed by atoms with E-state index in [2.05, 4.69) is 127 Å². The average Bonchev–Trinajstić information content (AvgIpc) is 2.93. The minimum Gasteiger partial charge on any atom is -0.670 e. The molecule has 4 aromatic rings. The Bertz CT molecular complexity index is 1130. The van der Waals surface area contributed by atoms with Crippen LogP contribution in [0.25, 0.3) is 5.73 Å². The van der Waals surface area contributed by atoms with Gasteiger partial charge in [-0.05, 0) is 55.4 Å². The molecule has 0 unspecified atom stereocenters. The first-order valence-corrected chi connectivity index (χ1v) is 14.3. The molecule has 0 aromatic heterocycles. The van der Waals surface area contributed by atoms with Gasteiger partial charge in [0.2, 0.25) is 0 Å². The Morgan fingerprint density at radius 3 is 1.16 bits per heavy atom. The summed E-state index contributed by atoms with van der Waals surface area (Å²) >= 11 is 0. The topological polar surface area (TPSA) is 23.8 Å². The van der Waals surface area contributed by atoms with Crippen LogP contribution < -0.4 is 10.6 Å². The second kappa shape index (κ2) is 16.3. The molecule has 0 spiro atoms. The molecule has 0 fully saturated rings. The molecule has 0 saturated carbocycles. The molecule has 2 atom stereocenters. The first-order chi connectivity index (χ1) is 17.8. The molecule has 0 bridgehead atoms.